The molecule has 1 saturated heterocycles. The molecule has 1 fully saturated rings. The van der Waals surface area contributed by atoms with Crippen molar-refractivity contribution >= 4 is 33.7 Å². The van der Waals surface area contributed by atoms with Gasteiger partial charge in [-0.2, -0.15) is 16.1 Å². The number of piperidine rings is 1. The van der Waals surface area contributed by atoms with E-state index < -0.39 is 15.9 Å². The number of rotatable bonds is 6. The summed E-state index contributed by atoms with van der Waals surface area (Å²) in [7, 11) is -3.53. The molecule has 1 aromatic heterocycles. The SMILES string of the molecule is CSCc1nnc(NC(=O)c2ccc(S(=O)(=O)N3CCC(C)CC3)cc2)o1. The fourth-order valence-electron chi connectivity index (χ4n) is 2.81. The highest BCUT2D eigenvalue weighted by Crippen LogP contribution is 2.23. The minimum atomic E-state index is -3.53. The van der Waals surface area contributed by atoms with E-state index in [-0.39, 0.29) is 10.9 Å². The average molecular weight is 411 g/mol. The van der Waals surface area contributed by atoms with Crippen LogP contribution in [0.4, 0.5) is 6.01 Å². The van der Waals surface area contributed by atoms with Gasteiger partial charge in [-0.15, -0.1) is 5.10 Å². The standard InChI is InChI=1S/C17H22N4O4S2/c1-12-7-9-21(10-8-12)27(23,24)14-5-3-13(4-6-14)16(22)18-17-20-19-15(25-17)11-26-2/h3-6,12H,7-11H2,1-2H3,(H,18,20,22). The van der Waals surface area contributed by atoms with Crippen LogP contribution in [0.1, 0.15) is 36.0 Å². The Bertz CT molecular complexity index is 888. The number of amides is 1. The number of carbonyl (C=O) groups is 1. The summed E-state index contributed by atoms with van der Waals surface area (Å²) in [4.78, 5) is 12.5. The summed E-state index contributed by atoms with van der Waals surface area (Å²) >= 11 is 1.53. The summed E-state index contributed by atoms with van der Waals surface area (Å²) in [6.45, 7) is 3.19. The number of nitrogens with one attached hydrogen (secondary N) is 1. The highest BCUT2D eigenvalue weighted by Gasteiger charge is 2.28. The lowest BCUT2D eigenvalue weighted by atomic mass is 10.0. The molecule has 8 nitrogen and oxygen atoms in total. The summed E-state index contributed by atoms with van der Waals surface area (Å²) < 4.78 is 32.3. The number of anilines is 1. The zero-order valence-corrected chi connectivity index (χ0v) is 16.8. The Kier molecular flexibility index (Phi) is 6.18. The van der Waals surface area contributed by atoms with Crippen molar-refractivity contribution in [1.82, 2.24) is 14.5 Å². The van der Waals surface area contributed by atoms with Gasteiger partial charge in [-0.25, -0.2) is 8.42 Å². The van der Waals surface area contributed by atoms with Gasteiger partial charge in [0.15, 0.2) is 0 Å². The van der Waals surface area contributed by atoms with Crippen molar-refractivity contribution in [3.8, 4) is 0 Å². The Labute approximate surface area is 162 Å². The van der Waals surface area contributed by atoms with E-state index in [0.717, 1.165) is 12.8 Å². The maximum atomic E-state index is 12.7. The molecule has 1 aliphatic rings. The number of hydrogen-bond donors (Lipinski definition) is 1. The number of carbonyl (C=O) groups excluding carboxylic acids is 1. The number of thioether (sulfide) groups is 1. The second kappa shape index (κ2) is 8.41. The predicted molar refractivity (Wildman–Crippen MR) is 103 cm³/mol. The van der Waals surface area contributed by atoms with Gasteiger partial charge >= 0.3 is 6.01 Å². The first-order valence-corrected chi connectivity index (χ1v) is 11.5. The molecule has 2 heterocycles. The highest BCUT2D eigenvalue weighted by molar-refractivity contribution is 7.97. The molecule has 0 unspecified atom stereocenters. The molecule has 0 aliphatic carbocycles. The van der Waals surface area contributed by atoms with Gasteiger partial charge in [0.25, 0.3) is 5.91 Å². The van der Waals surface area contributed by atoms with Crippen molar-refractivity contribution in [2.24, 2.45) is 5.92 Å². The van der Waals surface area contributed by atoms with E-state index in [1.54, 1.807) is 0 Å². The summed E-state index contributed by atoms with van der Waals surface area (Å²) in [5.74, 6) is 1.09. The minimum Gasteiger partial charge on any atom is -0.407 e. The average Bonchev–Trinajstić information content (AvgIpc) is 3.09. The number of sulfonamides is 1. The molecule has 0 spiro atoms. The van der Waals surface area contributed by atoms with Gasteiger partial charge in [0.1, 0.15) is 0 Å². The normalized spacial score (nSPS) is 16.4. The Morgan fingerprint density at radius 3 is 2.56 bits per heavy atom. The molecule has 10 heteroatoms. The maximum absolute atomic E-state index is 12.7. The van der Waals surface area contributed by atoms with E-state index in [9.17, 15) is 13.2 Å². The van der Waals surface area contributed by atoms with Crippen LogP contribution in [0.15, 0.2) is 33.6 Å². The lowest BCUT2D eigenvalue weighted by molar-refractivity contribution is 0.102. The first-order valence-electron chi connectivity index (χ1n) is 8.63. The maximum Gasteiger partial charge on any atom is 0.322 e. The van der Waals surface area contributed by atoms with Crippen LogP contribution < -0.4 is 5.32 Å². The van der Waals surface area contributed by atoms with Gasteiger partial charge in [0.05, 0.1) is 10.6 Å². The topological polar surface area (TPSA) is 105 Å². The molecule has 2 aromatic rings. The van der Waals surface area contributed by atoms with Gasteiger partial charge in [0, 0.05) is 18.7 Å². The van der Waals surface area contributed by atoms with Crippen molar-refractivity contribution in [3.63, 3.8) is 0 Å². The first kappa shape index (κ1) is 19.8. The van der Waals surface area contributed by atoms with Crippen LogP contribution in [0, 0.1) is 5.92 Å². The van der Waals surface area contributed by atoms with Gasteiger partial charge in [-0.1, -0.05) is 12.0 Å². The van der Waals surface area contributed by atoms with Gasteiger partial charge in [-0.3, -0.25) is 10.1 Å². The summed E-state index contributed by atoms with van der Waals surface area (Å²) in [6.07, 6.45) is 3.63. The Morgan fingerprint density at radius 1 is 1.26 bits per heavy atom. The van der Waals surface area contributed by atoms with Crippen LogP contribution >= 0.6 is 11.8 Å². The Balaban J connectivity index is 1.67. The van der Waals surface area contributed by atoms with E-state index in [1.165, 1.54) is 40.3 Å². The molecular weight excluding hydrogens is 388 g/mol. The molecule has 1 amide bonds. The summed E-state index contributed by atoms with van der Waals surface area (Å²) in [5, 5.41) is 10.1. The number of hydrogen-bond acceptors (Lipinski definition) is 7. The third-order valence-corrected chi connectivity index (χ3v) is 6.90. The molecule has 0 atom stereocenters. The van der Waals surface area contributed by atoms with Crippen molar-refractivity contribution in [2.45, 2.75) is 30.4 Å². The van der Waals surface area contributed by atoms with Crippen LogP contribution in [0.2, 0.25) is 0 Å². The molecule has 1 aliphatic heterocycles. The largest absolute Gasteiger partial charge is 0.407 e. The molecule has 1 N–H and O–H groups in total. The molecule has 0 saturated carbocycles. The summed E-state index contributed by atoms with van der Waals surface area (Å²) in [5.41, 5.74) is 0.311. The number of nitrogens with zero attached hydrogens (tertiary/aromatic N) is 3. The number of benzene rings is 1. The quantitative estimate of drug-likeness (QED) is 0.780. The monoisotopic (exact) mass is 410 g/mol. The van der Waals surface area contributed by atoms with Crippen molar-refractivity contribution < 1.29 is 17.6 Å². The zero-order chi connectivity index (χ0) is 19.4. The fraction of sp³-hybridized carbons (Fsp3) is 0.471. The van der Waals surface area contributed by atoms with Gasteiger partial charge < -0.3 is 4.42 Å². The summed E-state index contributed by atoms with van der Waals surface area (Å²) in [6, 6.07) is 5.88. The van der Waals surface area contributed by atoms with Crippen LogP contribution in [0.3, 0.4) is 0 Å². The Morgan fingerprint density at radius 2 is 1.93 bits per heavy atom. The second-order valence-electron chi connectivity index (χ2n) is 6.50. The van der Waals surface area contributed by atoms with E-state index in [4.69, 9.17) is 4.42 Å². The lowest BCUT2D eigenvalue weighted by Crippen LogP contribution is -2.37. The molecular formula is C17H22N4O4S2. The van der Waals surface area contributed by atoms with Crippen molar-refractivity contribution in [1.29, 1.82) is 0 Å². The zero-order valence-electron chi connectivity index (χ0n) is 15.2. The highest BCUT2D eigenvalue weighted by atomic mass is 32.2. The van der Waals surface area contributed by atoms with Crippen molar-refractivity contribution in [3.05, 3.63) is 35.7 Å². The molecule has 3 rings (SSSR count). The van der Waals surface area contributed by atoms with Gasteiger partial charge in [0.2, 0.25) is 15.9 Å². The van der Waals surface area contributed by atoms with Crippen LogP contribution in [-0.2, 0) is 15.8 Å². The van der Waals surface area contributed by atoms with Crippen LogP contribution in [-0.4, -0.2) is 48.2 Å². The number of aromatic nitrogens is 2. The molecule has 0 bridgehead atoms. The molecule has 1 aromatic carbocycles. The van der Waals surface area contributed by atoms with Crippen molar-refractivity contribution in [2.75, 3.05) is 24.7 Å². The predicted octanol–water partition coefficient (Wildman–Crippen LogP) is 2.61. The molecule has 146 valence electrons. The lowest BCUT2D eigenvalue weighted by Gasteiger charge is -2.29. The van der Waals surface area contributed by atoms with E-state index >= 15 is 0 Å². The van der Waals surface area contributed by atoms with E-state index in [0.29, 0.717) is 36.2 Å². The fourth-order valence-corrected chi connectivity index (χ4v) is 4.64. The minimum absolute atomic E-state index is 0.0168. The van der Waals surface area contributed by atoms with E-state index in [2.05, 4.69) is 22.4 Å². The Hall–Kier alpha value is -1.91. The third-order valence-electron chi connectivity index (χ3n) is 4.45. The second-order valence-corrected chi connectivity index (χ2v) is 9.30. The molecule has 27 heavy (non-hydrogen) atoms. The smallest absolute Gasteiger partial charge is 0.322 e. The van der Waals surface area contributed by atoms with Gasteiger partial charge in [-0.05, 0) is 49.3 Å². The van der Waals surface area contributed by atoms with Crippen LogP contribution in [0.25, 0.3) is 0 Å². The molecule has 0 radical (unpaired) electrons. The first-order chi connectivity index (χ1) is 12.9. The van der Waals surface area contributed by atoms with E-state index in [1.807, 2.05) is 6.26 Å². The third kappa shape index (κ3) is 4.69. The van der Waals surface area contributed by atoms with Crippen LogP contribution in [0.5, 0.6) is 0 Å².